The number of benzene rings is 2. The zero-order valence-corrected chi connectivity index (χ0v) is 13.1. The van der Waals surface area contributed by atoms with Crippen molar-refractivity contribution in [3.8, 4) is 0 Å². The summed E-state index contributed by atoms with van der Waals surface area (Å²) in [6.07, 6.45) is 4.47. The lowest BCUT2D eigenvalue weighted by Gasteiger charge is -2.23. The minimum Gasteiger partial charge on any atom is -0.0675 e. The minimum absolute atomic E-state index is 1.26. The van der Waals surface area contributed by atoms with Gasteiger partial charge in [0.15, 0.2) is 0 Å². The molecule has 0 bridgehead atoms. The third-order valence-electron chi connectivity index (χ3n) is 3.83. The molecule has 0 heterocycles. The summed E-state index contributed by atoms with van der Waals surface area (Å²) in [5, 5.41) is 1.56. The minimum atomic E-state index is -1.29. The summed E-state index contributed by atoms with van der Waals surface area (Å²) >= 11 is 0. The third kappa shape index (κ3) is 3.45. The van der Waals surface area contributed by atoms with E-state index in [1.165, 1.54) is 17.2 Å². The van der Waals surface area contributed by atoms with E-state index in [4.69, 9.17) is 0 Å². The van der Waals surface area contributed by atoms with Gasteiger partial charge in [0.25, 0.3) is 0 Å². The van der Waals surface area contributed by atoms with Crippen LogP contribution in [0.5, 0.6) is 0 Å². The van der Waals surface area contributed by atoms with Crippen molar-refractivity contribution in [1.29, 1.82) is 0 Å². The van der Waals surface area contributed by atoms with E-state index in [1.807, 2.05) is 0 Å². The van der Waals surface area contributed by atoms with Crippen molar-refractivity contribution < 1.29 is 0 Å². The highest BCUT2D eigenvalue weighted by Crippen LogP contribution is 2.14. The largest absolute Gasteiger partial charge is 0.0811 e. The molecular formula is C18H22Si. The number of hydrogen-bond donors (Lipinski definition) is 0. The molecule has 0 saturated carbocycles. The second-order valence-electron chi connectivity index (χ2n) is 5.57. The third-order valence-corrected chi connectivity index (χ3v) is 7.51. The van der Waals surface area contributed by atoms with Gasteiger partial charge in [0.1, 0.15) is 0 Å². The summed E-state index contributed by atoms with van der Waals surface area (Å²) in [6.45, 7) is 7.20. The molecule has 0 aliphatic rings. The fraction of sp³-hybridized carbons (Fsp3) is 0.222. The summed E-state index contributed by atoms with van der Waals surface area (Å²) in [6, 6.07) is 20.6. The van der Waals surface area contributed by atoms with Crippen molar-refractivity contribution in [2.45, 2.75) is 26.1 Å². The molecule has 0 aliphatic carbocycles. The summed E-state index contributed by atoms with van der Waals surface area (Å²) in [7, 11) is -1.29. The Hall–Kier alpha value is -1.60. The molecule has 2 aromatic carbocycles. The van der Waals surface area contributed by atoms with Crippen LogP contribution >= 0.6 is 0 Å². The van der Waals surface area contributed by atoms with Crippen molar-refractivity contribution in [2.24, 2.45) is 0 Å². The molecule has 0 aromatic heterocycles. The van der Waals surface area contributed by atoms with Gasteiger partial charge in [-0.1, -0.05) is 98.0 Å². The summed E-state index contributed by atoms with van der Waals surface area (Å²) in [5.74, 6) is 0. The molecule has 0 aliphatic heterocycles. The quantitative estimate of drug-likeness (QED) is 0.551. The molecule has 0 unspecified atom stereocenters. The molecule has 1 heteroatoms. The Morgan fingerprint density at radius 2 is 1.47 bits per heavy atom. The lowest BCUT2D eigenvalue weighted by Crippen LogP contribution is -2.41. The van der Waals surface area contributed by atoms with Gasteiger partial charge in [-0.25, -0.2) is 0 Å². The normalized spacial score (nSPS) is 11.9. The van der Waals surface area contributed by atoms with Crippen LogP contribution < -0.4 is 5.19 Å². The first kappa shape index (κ1) is 13.8. The summed E-state index contributed by atoms with van der Waals surface area (Å²) in [4.78, 5) is 0. The van der Waals surface area contributed by atoms with Gasteiger partial charge < -0.3 is 0 Å². The highest BCUT2D eigenvalue weighted by Gasteiger charge is 2.22. The van der Waals surface area contributed by atoms with Crippen LogP contribution in [-0.2, 0) is 0 Å². The second kappa shape index (κ2) is 6.03. The van der Waals surface area contributed by atoms with E-state index >= 15 is 0 Å². The Bertz CT molecular complexity index is 553. The number of hydrogen-bond acceptors (Lipinski definition) is 0. The predicted octanol–water partition coefficient (Wildman–Crippen LogP) is 4.79. The zero-order chi connectivity index (χ0) is 13.7. The van der Waals surface area contributed by atoms with E-state index in [0.717, 1.165) is 0 Å². The predicted molar refractivity (Wildman–Crippen MR) is 89.4 cm³/mol. The van der Waals surface area contributed by atoms with Gasteiger partial charge in [0.05, 0.1) is 8.07 Å². The molecule has 98 valence electrons. The first-order valence-corrected chi connectivity index (χ1v) is 10.2. The van der Waals surface area contributed by atoms with Gasteiger partial charge in [0, 0.05) is 0 Å². The molecule has 0 nitrogen and oxygen atoms in total. The maximum absolute atomic E-state index is 2.45. The zero-order valence-electron chi connectivity index (χ0n) is 12.1. The van der Waals surface area contributed by atoms with E-state index in [2.05, 4.69) is 86.8 Å². The van der Waals surface area contributed by atoms with Crippen molar-refractivity contribution in [3.63, 3.8) is 0 Å². The van der Waals surface area contributed by atoms with Gasteiger partial charge in [-0.15, -0.1) is 0 Å². The van der Waals surface area contributed by atoms with Crippen LogP contribution in [0.25, 0.3) is 12.2 Å². The van der Waals surface area contributed by atoms with E-state index in [9.17, 15) is 0 Å². The Kier molecular flexibility index (Phi) is 4.38. The molecule has 0 fully saturated rings. The van der Waals surface area contributed by atoms with Crippen molar-refractivity contribution >= 4 is 25.4 Å². The van der Waals surface area contributed by atoms with Gasteiger partial charge in [-0.3, -0.25) is 0 Å². The van der Waals surface area contributed by atoms with Crippen molar-refractivity contribution in [2.75, 3.05) is 0 Å². The lowest BCUT2D eigenvalue weighted by atomic mass is 10.1. The number of rotatable bonds is 4. The molecule has 0 saturated heterocycles. The maximum Gasteiger partial charge on any atom is 0.0811 e. The van der Waals surface area contributed by atoms with E-state index in [1.54, 1.807) is 5.19 Å². The van der Waals surface area contributed by atoms with Crippen LogP contribution in [0.1, 0.15) is 18.1 Å². The van der Waals surface area contributed by atoms with E-state index in [0.29, 0.717) is 0 Å². The van der Waals surface area contributed by atoms with Crippen LogP contribution in [0.15, 0.2) is 54.6 Å². The Morgan fingerprint density at radius 1 is 0.842 bits per heavy atom. The topological polar surface area (TPSA) is 0 Å². The molecule has 2 aromatic rings. The van der Waals surface area contributed by atoms with Crippen LogP contribution in [0.3, 0.4) is 0 Å². The van der Waals surface area contributed by atoms with Gasteiger partial charge in [0.2, 0.25) is 0 Å². The molecule has 0 atom stereocenters. The van der Waals surface area contributed by atoms with Crippen LogP contribution in [0.4, 0.5) is 0 Å². The molecule has 19 heavy (non-hydrogen) atoms. The molecule has 0 spiro atoms. The van der Waals surface area contributed by atoms with Gasteiger partial charge in [-0.2, -0.15) is 0 Å². The lowest BCUT2D eigenvalue weighted by molar-refractivity contribution is 1.37. The van der Waals surface area contributed by atoms with Gasteiger partial charge >= 0.3 is 0 Å². The first-order chi connectivity index (χ1) is 9.13. The van der Waals surface area contributed by atoms with E-state index < -0.39 is 8.07 Å². The van der Waals surface area contributed by atoms with E-state index in [-0.39, 0.29) is 0 Å². The highest BCUT2D eigenvalue weighted by molar-refractivity contribution is 6.90. The van der Waals surface area contributed by atoms with Crippen LogP contribution in [-0.4, -0.2) is 8.07 Å². The van der Waals surface area contributed by atoms with Crippen LogP contribution in [0, 0.1) is 0 Å². The average molecular weight is 266 g/mol. The van der Waals surface area contributed by atoms with Crippen molar-refractivity contribution in [3.05, 3.63) is 65.7 Å². The molecule has 0 amide bonds. The fourth-order valence-electron chi connectivity index (χ4n) is 2.20. The van der Waals surface area contributed by atoms with Crippen molar-refractivity contribution in [1.82, 2.24) is 0 Å². The Morgan fingerprint density at radius 3 is 2.16 bits per heavy atom. The molecule has 0 N–H and O–H groups in total. The molecule has 0 radical (unpaired) electrons. The molecular weight excluding hydrogens is 244 g/mol. The molecule has 2 rings (SSSR count). The Labute approximate surface area is 117 Å². The van der Waals surface area contributed by atoms with Gasteiger partial charge in [-0.05, 0) is 11.1 Å². The first-order valence-electron chi connectivity index (χ1n) is 6.96. The average Bonchev–Trinajstić information content (AvgIpc) is 2.46. The standard InChI is InChI=1S/C18H22Si/c1-4-19(2,3)18-13-9-8-12-17(18)15-14-16-10-6-5-7-11-16/h5-15H,4H2,1-3H3/b15-14+. The smallest absolute Gasteiger partial charge is 0.0675 e. The fourth-order valence-corrected chi connectivity index (χ4v) is 4.08. The highest BCUT2D eigenvalue weighted by atomic mass is 28.3. The summed E-state index contributed by atoms with van der Waals surface area (Å²) in [5.41, 5.74) is 2.64. The Balaban J connectivity index is 2.34. The second-order valence-corrected chi connectivity index (χ2v) is 10.6. The maximum atomic E-state index is 2.45. The SMILES string of the molecule is CC[Si](C)(C)c1ccccc1/C=C/c1ccccc1. The van der Waals surface area contributed by atoms with Crippen LogP contribution in [0.2, 0.25) is 19.1 Å². The monoisotopic (exact) mass is 266 g/mol. The summed E-state index contributed by atoms with van der Waals surface area (Å²) < 4.78 is 0.